The van der Waals surface area contributed by atoms with Crippen LogP contribution >= 0.6 is 0 Å². The van der Waals surface area contributed by atoms with Crippen molar-refractivity contribution in [3.8, 4) is 0 Å². The Morgan fingerprint density at radius 1 is 1.19 bits per heavy atom. The van der Waals surface area contributed by atoms with Crippen LogP contribution in [0.1, 0.15) is 35.3 Å². The summed E-state index contributed by atoms with van der Waals surface area (Å²) >= 11 is 0. The largest absolute Gasteiger partial charge is 0.446 e. The molecule has 1 heterocycles. The van der Waals surface area contributed by atoms with Crippen molar-refractivity contribution in [1.29, 1.82) is 0 Å². The molecule has 3 N–H and O–H groups in total. The Kier molecular flexibility index (Phi) is 7.62. The summed E-state index contributed by atoms with van der Waals surface area (Å²) in [6.45, 7) is 3.17. The molecule has 1 aliphatic heterocycles. The maximum absolute atomic E-state index is 13.3. The summed E-state index contributed by atoms with van der Waals surface area (Å²) in [6.07, 6.45) is -7.36. The summed E-state index contributed by atoms with van der Waals surface area (Å²) in [6, 6.07) is 6.44. The minimum absolute atomic E-state index is 0.0399. The first kappa shape index (κ1) is 27.4. The lowest BCUT2D eigenvalue weighted by molar-refractivity contribution is -0.158. The number of hydrogen-bond donors (Lipinski definition) is 2. The molecule has 9 nitrogen and oxygen atoms in total. The minimum atomic E-state index is -4.99. The van der Waals surface area contributed by atoms with Crippen molar-refractivity contribution in [2.75, 3.05) is 11.3 Å². The van der Waals surface area contributed by atoms with Gasteiger partial charge in [0, 0.05) is 0 Å². The predicted octanol–water partition coefficient (Wildman–Crippen LogP) is 2.95. The third kappa shape index (κ3) is 6.92. The Hall–Kier alpha value is -3.23. The number of primary amides is 1. The maximum atomic E-state index is 13.3. The molecule has 2 aromatic carbocycles. The van der Waals surface area contributed by atoms with Crippen LogP contribution in [0.5, 0.6) is 0 Å². The Morgan fingerprint density at radius 3 is 2.36 bits per heavy atom. The van der Waals surface area contributed by atoms with Crippen molar-refractivity contribution in [2.45, 2.75) is 43.8 Å². The molecule has 2 unspecified atom stereocenters. The molecule has 36 heavy (non-hydrogen) atoms. The van der Waals surface area contributed by atoms with Crippen LogP contribution in [-0.4, -0.2) is 44.9 Å². The number of halogens is 4. The van der Waals surface area contributed by atoms with Crippen LogP contribution in [0, 0.1) is 5.82 Å². The van der Waals surface area contributed by atoms with Gasteiger partial charge in [-0.3, -0.25) is 9.52 Å². The molecule has 2 aromatic rings. The van der Waals surface area contributed by atoms with Gasteiger partial charge in [-0.05, 0) is 49.7 Å². The van der Waals surface area contributed by atoms with Crippen molar-refractivity contribution in [1.82, 2.24) is 0 Å². The third-order valence-corrected chi connectivity index (χ3v) is 6.23. The molecule has 0 saturated carbocycles. The van der Waals surface area contributed by atoms with Gasteiger partial charge in [-0.2, -0.15) is 13.2 Å². The molecular weight excluding hydrogens is 512 g/mol. The van der Waals surface area contributed by atoms with E-state index in [1.54, 1.807) is 18.6 Å². The zero-order chi connectivity index (χ0) is 26.9. The van der Waals surface area contributed by atoms with E-state index < -0.39 is 68.9 Å². The zero-order valence-electron chi connectivity index (χ0n) is 19.0. The molecular formula is C22H22F4N2O7S. The number of anilines is 1. The summed E-state index contributed by atoms with van der Waals surface area (Å²) in [7, 11) is -4.35. The lowest BCUT2D eigenvalue weighted by atomic mass is 10.1. The fraction of sp³-hybridized carbons (Fsp3) is 0.364. The number of sulfonamides is 1. The molecule has 14 heteroatoms. The summed E-state index contributed by atoms with van der Waals surface area (Å²) in [5.74, 6) is -4.82. The number of alkyl halides is 3. The number of hydrogen-bond acceptors (Lipinski definition) is 7. The molecule has 3 rings (SSSR count). The monoisotopic (exact) mass is 534 g/mol. The Labute approximate surface area is 203 Å². The SMILES string of the molecule is CC1(C)OCC(C(OC(=O)c2ccc(CS(=O)(=O)Nc3ccc(F)cc3C(F)(F)F)cc2)C(N)=O)O1. The van der Waals surface area contributed by atoms with Crippen LogP contribution in [-0.2, 0) is 41.0 Å². The average molecular weight is 534 g/mol. The highest BCUT2D eigenvalue weighted by atomic mass is 32.2. The highest BCUT2D eigenvalue weighted by Crippen LogP contribution is 2.36. The molecule has 0 radical (unpaired) electrons. The molecule has 1 amide bonds. The van der Waals surface area contributed by atoms with Crippen LogP contribution in [0.4, 0.5) is 23.2 Å². The Balaban J connectivity index is 1.69. The number of rotatable bonds is 8. The van der Waals surface area contributed by atoms with Crippen molar-refractivity contribution in [2.24, 2.45) is 5.73 Å². The van der Waals surface area contributed by atoms with Gasteiger partial charge in [0.25, 0.3) is 5.91 Å². The first-order valence-electron chi connectivity index (χ1n) is 10.3. The van der Waals surface area contributed by atoms with Gasteiger partial charge in [-0.25, -0.2) is 17.6 Å². The summed E-state index contributed by atoms with van der Waals surface area (Å²) < 4.78 is 95.3. The van der Waals surface area contributed by atoms with E-state index in [1.165, 1.54) is 24.3 Å². The minimum Gasteiger partial charge on any atom is -0.446 e. The van der Waals surface area contributed by atoms with Crippen LogP contribution in [0.15, 0.2) is 42.5 Å². The van der Waals surface area contributed by atoms with E-state index in [1.807, 2.05) is 0 Å². The van der Waals surface area contributed by atoms with Gasteiger partial charge in [0.1, 0.15) is 11.9 Å². The molecule has 196 valence electrons. The number of carbonyl (C=O) groups excluding carboxylic acids is 2. The highest BCUT2D eigenvalue weighted by molar-refractivity contribution is 7.91. The van der Waals surface area contributed by atoms with Crippen molar-refractivity contribution < 1.29 is 49.8 Å². The number of amides is 1. The first-order valence-corrected chi connectivity index (χ1v) is 12.0. The Bertz CT molecular complexity index is 1250. The number of esters is 1. The maximum Gasteiger partial charge on any atom is 0.418 e. The van der Waals surface area contributed by atoms with E-state index in [2.05, 4.69) is 0 Å². The van der Waals surface area contributed by atoms with E-state index in [4.69, 9.17) is 19.9 Å². The second-order valence-corrected chi connectivity index (χ2v) is 10.1. The lowest BCUT2D eigenvalue weighted by Crippen LogP contribution is -2.44. The second kappa shape index (κ2) is 10.0. The van der Waals surface area contributed by atoms with Gasteiger partial charge < -0.3 is 19.9 Å². The van der Waals surface area contributed by atoms with Gasteiger partial charge in [0.15, 0.2) is 5.79 Å². The van der Waals surface area contributed by atoms with Gasteiger partial charge in [-0.15, -0.1) is 0 Å². The normalized spacial score (nSPS) is 18.4. The fourth-order valence-corrected chi connectivity index (χ4v) is 4.58. The van der Waals surface area contributed by atoms with Crippen LogP contribution in [0.3, 0.4) is 0 Å². The zero-order valence-corrected chi connectivity index (χ0v) is 19.8. The van der Waals surface area contributed by atoms with Crippen LogP contribution < -0.4 is 10.5 Å². The van der Waals surface area contributed by atoms with E-state index in [-0.39, 0.29) is 23.8 Å². The molecule has 1 aliphatic rings. The van der Waals surface area contributed by atoms with Gasteiger partial charge in [0.2, 0.25) is 16.1 Å². The topological polar surface area (TPSA) is 134 Å². The molecule has 0 spiro atoms. The quantitative estimate of drug-likeness (QED) is 0.393. The van der Waals surface area contributed by atoms with Crippen LogP contribution in [0.2, 0.25) is 0 Å². The lowest BCUT2D eigenvalue weighted by Gasteiger charge is -2.22. The molecule has 1 fully saturated rings. The highest BCUT2D eigenvalue weighted by Gasteiger charge is 2.42. The fourth-order valence-electron chi connectivity index (χ4n) is 3.37. The van der Waals surface area contributed by atoms with E-state index >= 15 is 0 Å². The number of ether oxygens (including phenoxy) is 3. The van der Waals surface area contributed by atoms with E-state index in [9.17, 15) is 35.6 Å². The molecule has 0 aromatic heterocycles. The summed E-state index contributed by atoms with van der Waals surface area (Å²) in [4.78, 5) is 24.3. The van der Waals surface area contributed by atoms with Gasteiger partial charge >= 0.3 is 12.1 Å². The number of benzene rings is 2. The van der Waals surface area contributed by atoms with Crippen molar-refractivity contribution >= 4 is 27.6 Å². The number of nitrogens with two attached hydrogens (primary N) is 1. The third-order valence-electron chi connectivity index (χ3n) is 4.98. The van der Waals surface area contributed by atoms with E-state index in [0.29, 0.717) is 12.1 Å². The molecule has 0 aliphatic carbocycles. The van der Waals surface area contributed by atoms with Crippen molar-refractivity contribution in [3.05, 3.63) is 65.0 Å². The number of carbonyl (C=O) groups is 2. The summed E-state index contributed by atoms with van der Waals surface area (Å²) in [5, 5.41) is 0. The average Bonchev–Trinajstić information content (AvgIpc) is 3.11. The number of nitrogens with one attached hydrogen (secondary N) is 1. The summed E-state index contributed by atoms with van der Waals surface area (Å²) in [5.41, 5.74) is 3.08. The standard InChI is InChI=1S/C22H22F4N2O7S/c1-21(2)33-10-17(35-21)18(19(27)29)34-20(30)13-5-3-12(4-6-13)11-36(31,32)28-16-8-7-14(23)9-15(16)22(24,25)26/h3-9,17-18,28H,10-11H2,1-2H3,(H2,27,29). The predicted molar refractivity (Wildman–Crippen MR) is 117 cm³/mol. The molecule has 0 bridgehead atoms. The van der Waals surface area contributed by atoms with Gasteiger partial charge in [-0.1, -0.05) is 12.1 Å². The van der Waals surface area contributed by atoms with Crippen LogP contribution in [0.25, 0.3) is 0 Å². The first-order chi connectivity index (χ1) is 16.6. The smallest absolute Gasteiger partial charge is 0.418 e. The Morgan fingerprint density at radius 2 is 1.83 bits per heavy atom. The van der Waals surface area contributed by atoms with Gasteiger partial charge in [0.05, 0.1) is 29.2 Å². The second-order valence-electron chi connectivity index (χ2n) is 8.34. The van der Waals surface area contributed by atoms with Crippen molar-refractivity contribution in [3.63, 3.8) is 0 Å². The van der Waals surface area contributed by atoms with E-state index in [0.717, 1.165) is 0 Å². The molecule has 2 atom stereocenters. The molecule has 1 saturated heterocycles.